The van der Waals surface area contributed by atoms with Gasteiger partial charge in [-0.25, -0.2) is 9.59 Å². The highest BCUT2D eigenvalue weighted by Gasteiger charge is 2.31. The molecule has 6 nitrogen and oxygen atoms in total. The molecule has 0 unspecified atom stereocenters. The van der Waals surface area contributed by atoms with Crippen molar-refractivity contribution in [2.75, 3.05) is 13.2 Å². The highest BCUT2D eigenvalue weighted by molar-refractivity contribution is 6.20. The molecule has 118 valence electrons. The van der Waals surface area contributed by atoms with Crippen LogP contribution in [0.15, 0.2) is 36.9 Å². The highest BCUT2D eigenvalue weighted by Crippen LogP contribution is 2.12. The van der Waals surface area contributed by atoms with Gasteiger partial charge < -0.3 is 14.8 Å². The van der Waals surface area contributed by atoms with Crippen LogP contribution in [-0.2, 0) is 23.9 Å². The van der Waals surface area contributed by atoms with Crippen molar-refractivity contribution in [1.29, 1.82) is 0 Å². The van der Waals surface area contributed by atoms with Gasteiger partial charge >= 0.3 is 11.9 Å². The van der Waals surface area contributed by atoms with Gasteiger partial charge in [0.1, 0.15) is 0 Å². The van der Waals surface area contributed by atoms with Gasteiger partial charge in [-0.15, -0.1) is 0 Å². The van der Waals surface area contributed by atoms with Crippen molar-refractivity contribution in [1.82, 2.24) is 5.32 Å². The Morgan fingerprint density at radius 3 is 2.00 bits per heavy atom. The van der Waals surface area contributed by atoms with Crippen molar-refractivity contribution < 1.29 is 23.9 Å². The van der Waals surface area contributed by atoms with Gasteiger partial charge in [0.25, 0.3) is 5.91 Å². The average Bonchev–Trinajstić information content (AvgIpc) is 2.52. The lowest BCUT2D eigenvalue weighted by molar-refractivity contribution is -0.159. The van der Waals surface area contributed by atoms with E-state index in [2.05, 4.69) is 11.9 Å². The number of ether oxygens (including phenoxy) is 2. The maximum absolute atomic E-state index is 12.1. The number of amides is 1. The molecule has 0 aliphatic heterocycles. The Hall–Kier alpha value is -2.63. The second-order valence-corrected chi connectivity index (χ2v) is 4.26. The molecule has 1 N–H and O–H groups in total. The lowest BCUT2D eigenvalue weighted by atomic mass is 10.1. The van der Waals surface area contributed by atoms with E-state index in [9.17, 15) is 14.4 Å². The Labute approximate surface area is 129 Å². The van der Waals surface area contributed by atoms with Crippen molar-refractivity contribution in [2.24, 2.45) is 0 Å². The van der Waals surface area contributed by atoms with Gasteiger partial charge in [-0.05, 0) is 19.4 Å². The second-order valence-electron chi connectivity index (χ2n) is 4.26. The van der Waals surface area contributed by atoms with Crippen LogP contribution in [0.2, 0.25) is 0 Å². The first-order valence-corrected chi connectivity index (χ1v) is 6.89. The number of nitrogens with one attached hydrogen (secondary N) is 1. The van der Waals surface area contributed by atoms with Crippen molar-refractivity contribution in [2.45, 2.75) is 19.9 Å². The van der Waals surface area contributed by atoms with Crippen LogP contribution in [0.3, 0.4) is 0 Å². The number of carbonyl (C=O) groups is 3. The third kappa shape index (κ3) is 4.73. The van der Waals surface area contributed by atoms with E-state index in [1.54, 1.807) is 44.2 Å². The maximum atomic E-state index is 12.1. The van der Waals surface area contributed by atoms with Crippen LogP contribution < -0.4 is 5.32 Å². The summed E-state index contributed by atoms with van der Waals surface area (Å²) in [5.41, 5.74) is 0.727. The summed E-state index contributed by atoms with van der Waals surface area (Å²) in [4.78, 5) is 35.7. The molecule has 0 bridgehead atoms. The molecule has 1 amide bonds. The zero-order valence-electron chi connectivity index (χ0n) is 12.6. The van der Waals surface area contributed by atoms with Crippen molar-refractivity contribution in [3.8, 4) is 0 Å². The zero-order valence-corrected chi connectivity index (χ0v) is 12.6. The first-order valence-electron chi connectivity index (χ1n) is 6.89. The molecule has 0 aromatic heterocycles. The smallest absolute Gasteiger partial charge is 0.340 e. The van der Waals surface area contributed by atoms with Gasteiger partial charge in [-0.1, -0.05) is 36.9 Å². The minimum atomic E-state index is -1.51. The molecule has 0 saturated heterocycles. The number of rotatable bonds is 7. The topological polar surface area (TPSA) is 81.7 Å². The summed E-state index contributed by atoms with van der Waals surface area (Å²) in [6, 6.07) is 7.20. The molecule has 0 heterocycles. The van der Waals surface area contributed by atoms with E-state index in [0.717, 1.165) is 0 Å². The predicted octanol–water partition coefficient (Wildman–Crippen LogP) is 1.31. The molecule has 0 fully saturated rings. The summed E-state index contributed by atoms with van der Waals surface area (Å²) in [7, 11) is 0. The zero-order chi connectivity index (χ0) is 16.5. The standard InChI is InChI=1S/C16H19NO5/c1-4-21-15(19)13(16(20)22-5-2)17-14(18)11(3)12-9-7-6-8-10-12/h6-10,13H,3-5H2,1-2H3,(H,17,18). The van der Waals surface area contributed by atoms with Crippen molar-refractivity contribution in [3.05, 3.63) is 42.5 Å². The van der Waals surface area contributed by atoms with Gasteiger partial charge in [0, 0.05) is 5.57 Å². The summed E-state index contributed by atoms with van der Waals surface area (Å²) >= 11 is 0. The molecule has 6 heteroatoms. The largest absolute Gasteiger partial charge is 0.464 e. The fraction of sp³-hybridized carbons (Fsp3) is 0.312. The first kappa shape index (κ1) is 17.4. The Morgan fingerprint density at radius 2 is 1.55 bits per heavy atom. The SMILES string of the molecule is C=C(C(=O)NC(C(=O)OCC)C(=O)OCC)c1ccccc1. The molecule has 0 aliphatic rings. The van der Waals surface area contributed by atoms with Crippen LogP contribution in [0, 0.1) is 0 Å². The van der Waals surface area contributed by atoms with Crippen molar-refractivity contribution in [3.63, 3.8) is 0 Å². The fourth-order valence-electron chi connectivity index (χ4n) is 1.65. The summed E-state index contributed by atoms with van der Waals surface area (Å²) in [5.74, 6) is -2.37. The van der Waals surface area contributed by atoms with Crippen molar-refractivity contribution >= 4 is 23.4 Å². The first-order chi connectivity index (χ1) is 10.5. The molecule has 0 atom stereocenters. The number of hydrogen-bond donors (Lipinski definition) is 1. The van der Waals surface area contributed by atoms with Crippen LogP contribution in [0.25, 0.3) is 5.57 Å². The molecule has 22 heavy (non-hydrogen) atoms. The van der Waals surface area contributed by atoms with Crippen LogP contribution in [0.5, 0.6) is 0 Å². The number of esters is 2. The van der Waals surface area contributed by atoms with E-state index in [0.29, 0.717) is 5.56 Å². The summed E-state index contributed by atoms with van der Waals surface area (Å²) in [6.45, 7) is 7.05. The molecule has 0 aliphatic carbocycles. The summed E-state index contributed by atoms with van der Waals surface area (Å²) in [6.07, 6.45) is 0. The minimum Gasteiger partial charge on any atom is -0.464 e. The van der Waals surface area contributed by atoms with E-state index < -0.39 is 23.9 Å². The predicted molar refractivity (Wildman–Crippen MR) is 80.7 cm³/mol. The van der Waals surface area contributed by atoms with Gasteiger partial charge in [0.05, 0.1) is 13.2 Å². The molecule has 0 radical (unpaired) electrons. The summed E-state index contributed by atoms with van der Waals surface area (Å²) in [5, 5.41) is 2.30. The molecular weight excluding hydrogens is 286 g/mol. The molecule has 0 spiro atoms. The Bertz CT molecular complexity index is 535. The third-order valence-electron chi connectivity index (χ3n) is 2.72. The van der Waals surface area contributed by atoms with Crippen LogP contribution in [0.4, 0.5) is 0 Å². The van der Waals surface area contributed by atoms with E-state index in [1.165, 1.54) is 0 Å². The van der Waals surface area contributed by atoms with Gasteiger partial charge in [-0.3, -0.25) is 4.79 Å². The Kier molecular flexibility index (Phi) is 6.82. The minimum absolute atomic E-state index is 0.0875. The van der Waals surface area contributed by atoms with E-state index in [-0.39, 0.29) is 18.8 Å². The van der Waals surface area contributed by atoms with Crippen LogP contribution in [0.1, 0.15) is 19.4 Å². The molecule has 1 rings (SSSR count). The number of carbonyl (C=O) groups excluding carboxylic acids is 3. The van der Waals surface area contributed by atoms with E-state index >= 15 is 0 Å². The van der Waals surface area contributed by atoms with Gasteiger partial charge in [0.2, 0.25) is 6.04 Å². The van der Waals surface area contributed by atoms with E-state index in [4.69, 9.17) is 9.47 Å². The number of hydrogen-bond acceptors (Lipinski definition) is 5. The average molecular weight is 305 g/mol. The molecular formula is C16H19NO5. The quantitative estimate of drug-likeness (QED) is 0.466. The maximum Gasteiger partial charge on any atom is 0.340 e. The summed E-state index contributed by atoms with van der Waals surface area (Å²) < 4.78 is 9.55. The number of benzene rings is 1. The third-order valence-corrected chi connectivity index (χ3v) is 2.72. The molecule has 1 aromatic rings. The van der Waals surface area contributed by atoms with Gasteiger partial charge in [0.15, 0.2) is 0 Å². The fourth-order valence-corrected chi connectivity index (χ4v) is 1.65. The Morgan fingerprint density at radius 1 is 1.05 bits per heavy atom. The Balaban J connectivity index is 2.84. The lowest BCUT2D eigenvalue weighted by Gasteiger charge is -2.16. The second kappa shape index (κ2) is 8.61. The monoisotopic (exact) mass is 305 g/mol. The van der Waals surface area contributed by atoms with Crippen LogP contribution in [-0.4, -0.2) is 37.1 Å². The van der Waals surface area contributed by atoms with Gasteiger partial charge in [-0.2, -0.15) is 0 Å². The molecule has 0 saturated carbocycles. The normalized spacial score (nSPS) is 9.95. The van der Waals surface area contributed by atoms with Crippen LogP contribution >= 0.6 is 0 Å². The van der Waals surface area contributed by atoms with E-state index in [1.807, 2.05) is 0 Å². The molecule has 1 aromatic carbocycles. The highest BCUT2D eigenvalue weighted by atomic mass is 16.6. The lowest BCUT2D eigenvalue weighted by Crippen LogP contribution is -2.48.